The summed E-state index contributed by atoms with van der Waals surface area (Å²) in [6.07, 6.45) is 0. The molecule has 0 unspecified atom stereocenters. The Balaban J connectivity index is 2.03. The third kappa shape index (κ3) is 4.70. The maximum atomic E-state index is 13.0. The van der Waals surface area contributed by atoms with Gasteiger partial charge in [-0.25, -0.2) is 4.79 Å². The fourth-order valence-corrected chi connectivity index (χ4v) is 4.18. The number of esters is 1. The van der Waals surface area contributed by atoms with Gasteiger partial charge in [0.2, 0.25) is 0 Å². The highest BCUT2D eigenvalue weighted by molar-refractivity contribution is 7.15. The average Bonchev–Trinajstić information content (AvgIpc) is 3.21. The van der Waals surface area contributed by atoms with E-state index >= 15 is 0 Å². The van der Waals surface area contributed by atoms with Crippen molar-refractivity contribution < 1.29 is 28.5 Å². The molecule has 0 aliphatic heterocycles. The molecule has 0 saturated heterocycles. The van der Waals surface area contributed by atoms with Crippen LogP contribution in [0.1, 0.15) is 33.2 Å². The number of rotatable bonds is 8. The number of benzene rings is 2. The third-order valence-corrected chi connectivity index (χ3v) is 5.68. The van der Waals surface area contributed by atoms with Crippen LogP contribution in [0.15, 0.2) is 41.8 Å². The number of nitrogens with one attached hydrogen (secondary N) is 1. The van der Waals surface area contributed by atoms with Crippen molar-refractivity contribution in [3.63, 3.8) is 0 Å². The van der Waals surface area contributed by atoms with E-state index < -0.39 is 5.97 Å². The lowest BCUT2D eigenvalue weighted by Gasteiger charge is -2.12. The van der Waals surface area contributed by atoms with Crippen molar-refractivity contribution in [2.75, 3.05) is 33.3 Å². The van der Waals surface area contributed by atoms with Gasteiger partial charge >= 0.3 is 5.97 Å². The Kier molecular flexibility index (Phi) is 7.37. The number of carbonyl (C=O) groups is 2. The van der Waals surface area contributed by atoms with Crippen molar-refractivity contribution in [3.8, 4) is 28.4 Å². The number of methoxy groups -OCH3 is 3. The number of carbonyl (C=O) groups excluding carboxylic acids is 2. The van der Waals surface area contributed by atoms with Gasteiger partial charge in [-0.2, -0.15) is 0 Å². The van der Waals surface area contributed by atoms with Gasteiger partial charge in [-0.1, -0.05) is 11.6 Å². The lowest BCUT2D eigenvalue weighted by atomic mass is 10.0. The van der Waals surface area contributed by atoms with Crippen LogP contribution < -0.4 is 19.5 Å². The van der Waals surface area contributed by atoms with E-state index in [1.807, 2.05) is 30.5 Å². The molecule has 1 heterocycles. The van der Waals surface area contributed by atoms with Crippen LogP contribution in [-0.2, 0) is 4.74 Å². The Morgan fingerprint density at radius 1 is 0.906 bits per heavy atom. The number of hydrogen-bond donors (Lipinski definition) is 1. The second-order valence-electron chi connectivity index (χ2n) is 6.80. The molecule has 0 spiro atoms. The van der Waals surface area contributed by atoms with Gasteiger partial charge in [0.05, 0.1) is 27.9 Å². The quantitative estimate of drug-likeness (QED) is 0.472. The number of aryl methyl sites for hydroxylation is 1. The normalized spacial score (nSPS) is 10.4. The summed E-state index contributed by atoms with van der Waals surface area (Å²) in [5, 5.41) is 5.04. The Morgan fingerprint density at radius 3 is 2.25 bits per heavy atom. The van der Waals surface area contributed by atoms with Gasteiger partial charge in [-0.15, -0.1) is 11.3 Å². The first-order chi connectivity index (χ1) is 15.4. The van der Waals surface area contributed by atoms with Crippen LogP contribution in [0.5, 0.6) is 17.2 Å². The van der Waals surface area contributed by atoms with E-state index in [0.29, 0.717) is 33.4 Å². The molecule has 7 nitrogen and oxygen atoms in total. The van der Waals surface area contributed by atoms with E-state index in [9.17, 15) is 9.59 Å². The van der Waals surface area contributed by atoms with Gasteiger partial charge in [0.15, 0.2) is 11.5 Å². The summed E-state index contributed by atoms with van der Waals surface area (Å²) >= 11 is 1.25. The number of anilines is 1. The highest BCUT2D eigenvalue weighted by Crippen LogP contribution is 2.41. The third-order valence-electron chi connectivity index (χ3n) is 4.79. The van der Waals surface area contributed by atoms with E-state index in [1.54, 1.807) is 32.2 Å². The molecule has 0 saturated carbocycles. The molecule has 0 aliphatic rings. The van der Waals surface area contributed by atoms with E-state index in [2.05, 4.69) is 5.32 Å². The molecule has 0 aliphatic carbocycles. The van der Waals surface area contributed by atoms with Crippen LogP contribution in [0.4, 0.5) is 5.00 Å². The second-order valence-corrected chi connectivity index (χ2v) is 7.68. The van der Waals surface area contributed by atoms with Crippen LogP contribution in [0.3, 0.4) is 0 Å². The Bertz CT molecular complexity index is 1140. The SMILES string of the molecule is CCOC(=O)c1c(-c2cc(C)ccc2OC)csc1NC(=O)c1ccc(OC)c(OC)c1. The fourth-order valence-electron chi connectivity index (χ4n) is 3.24. The van der Waals surface area contributed by atoms with Crippen LogP contribution in [0.25, 0.3) is 11.1 Å². The maximum absolute atomic E-state index is 13.0. The molecule has 0 fully saturated rings. The van der Waals surface area contributed by atoms with E-state index in [1.165, 1.54) is 25.6 Å². The predicted octanol–water partition coefficient (Wildman–Crippen LogP) is 5.18. The summed E-state index contributed by atoms with van der Waals surface area (Å²) in [6.45, 7) is 3.90. The topological polar surface area (TPSA) is 83.1 Å². The van der Waals surface area contributed by atoms with Crippen molar-refractivity contribution >= 4 is 28.2 Å². The lowest BCUT2D eigenvalue weighted by Crippen LogP contribution is -2.15. The molecule has 0 radical (unpaired) electrons. The Labute approximate surface area is 190 Å². The monoisotopic (exact) mass is 455 g/mol. The minimum absolute atomic E-state index is 0.210. The average molecular weight is 456 g/mol. The molecule has 1 N–H and O–H groups in total. The smallest absolute Gasteiger partial charge is 0.341 e. The first-order valence-corrected chi connectivity index (χ1v) is 10.8. The summed E-state index contributed by atoms with van der Waals surface area (Å²) in [7, 11) is 4.60. The highest BCUT2D eigenvalue weighted by Gasteiger charge is 2.25. The molecule has 32 heavy (non-hydrogen) atoms. The summed E-state index contributed by atoms with van der Waals surface area (Å²) in [5.41, 5.74) is 3.04. The summed E-state index contributed by atoms with van der Waals surface area (Å²) in [6, 6.07) is 10.6. The molecule has 1 amide bonds. The fraction of sp³-hybridized carbons (Fsp3) is 0.250. The second kappa shape index (κ2) is 10.2. The van der Waals surface area contributed by atoms with Crippen LogP contribution >= 0.6 is 11.3 Å². The largest absolute Gasteiger partial charge is 0.496 e. The Hall–Kier alpha value is -3.52. The van der Waals surface area contributed by atoms with Gasteiger partial charge in [-0.05, 0) is 44.2 Å². The molecule has 1 aromatic heterocycles. The number of ether oxygens (including phenoxy) is 4. The summed E-state index contributed by atoms with van der Waals surface area (Å²) in [4.78, 5) is 25.8. The molecular formula is C24H25NO6S. The standard InChI is InChI=1S/C24H25NO6S/c1-6-31-24(27)21-17(16-11-14(2)7-9-18(16)28-3)13-32-23(21)25-22(26)15-8-10-19(29-4)20(12-15)30-5/h7-13H,6H2,1-5H3,(H,25,26). The molecule has 0 atom stereocenters. The van der Waals surface area contributed by atoms with Crippen molar-refractivity contribution in [2.24, 2.45) is 0 Å². The van der Waals surface area contributed by atoms with Crippen LogP contribution in [0, 0.1) is 6.92 Å². The van der Waals surface area contributed by atoms with Crippen LogP contribution in [0.2, 0.25) is 0 Å². The van der Waals surface area contributed by atoms with Gasteiger partial charge < -0.3 is 24.3 Å². The van der Waals surface area contributed by atoms with E-state index in [0.717, 1.165) is 11.1 Å². The Morgan fingerprint density at radius 2 is 1.59 bits per heavy atom. The van der Waals surface area contributed by atoms with Gasteiger partial charge in [0, 0.05) is 22.1 Å². The molecule has 3 aromatic rings. The zero-order chi connectivity index (χ0) is 23.3. The molecule has 3 rings (SSSR count). The first kappa shape index (κ1) is 23.1. The zero-order valence-corrected chi connectivity index (χ0v) is 19.4. The summed E-state index contributed by atoms with van der Waals surface area (Å²) in [5.74, 6) is 0.663. The predicted molar refractivity (Wildman–Crippen MR) is 124 cm³/mol. The number of amides is 1. The van der Waals surface area contributed by atoms with Gasteiger partial charge in [0.1, 0.15) is 16.3 Å². The zero-order valence-electron chi connectivity index (χ0n) is 18.6. The lowest BCUT2D eigenvalue weighted by molar-refractivity contribution is 0.0529. The number of hydrogen-bond acceptors (Lipinski definition) is 7. The van der Waals surface area contributed by atoms with Gasteiger partial charge in [0.25, 0.3) is 5.91 Å². The van der Waals surface area contributed by atoms with Crippen molar-refractivity contribution in [1.82, 2.24) is 0 Å². The molecule has 2 aromatic carbocycles. The minimum Gasteiger partial charge on any atom is -0.496 e. The first-order valence-electron chi connectivity index (χ1n) is 9.90. The maximum Gasteiger partial charge on any atom is 0.341 e. The van der Waals surface area contributed by atoms with Crippen molar-refractivity contribution in [2.45, 2.75) is 13.8 Å². The highest BCUT2D eigenvalue weighted by atomic mass is 32.1. The molecule has 168 valence electrons. The van der Waals surface area contributed by atoms with Crippen molar-refractivity contribution in [3.05, 3.63) is 58.5 Å². The summed E-state index contributed by atoms with van der Waals surface area (Å²) < 4.78 is 21.3. The molecule has 0 bridgehead atoms. The van der Waals surface area contributed by atoms with Gasteiger partial charge in [-0.3, -0.25) is 4.79 Å². The van der Waals surface area contributed by atoms with E-state index in [-0.39, 0.29) is 18.1 Å². The van der Waals surface area contributed by atoms with Crippen LogP contribution in [-0.4, -0.2) is 39.8 Å². The minimum atomic E-state index is -0.519. The molecule has 8 heteroatoms. The van der Waals surface area contributed by atoms with E-state index in [4.69, 9.17) is 18.9 Å². The molecular weight excluding hydrogens is 430 g/mol. The van der Waals surface area contributed by atoms with Crippen molar-refractivity contribution in [1.29, 1.82) is 0 Å². The number of thiophene rings is 1.